The van der Waals surface area contributed by atoms with E-state index in [-0.39, 0.29) is 5.91 Å². The van der Waals surface area contributed by atoms with Gasteiger partial charge in [-0.3, -0.25) is 9.69 Å². The maximum atomic E-state index is 13.2. The van der Waals surface area contributed by atoms with Crippen molar-refractivity contribution in [3.63, 3.8) is 0 Å². The molecule has 4 heterocycles. The van der Waals surface area contributed by atoms with E-state index in [0.717, 1.165) is 77.0 Å². The molecule has 0 aromatic carbocycles. The van der Waals surface area contributed by atoms with E-state index in [1.165, 1.54) is 16.3 Å². The molecule has 0 atom stereocenters. The second kappa shape index (κ2) is 7.85. The molecule has 3 aromatic rings. The minimum atomic E-state index is 0.124. The summed E-state index contributed by atoms with van der Waals surface area (Å²) in [5.74, 6) is 0.881. The van der Waals surface area contributed by atoms with Gasteiger partial charge in [0.2, 0.25) is 0 Å². The second-order valence-electron chi connectivity index (χ2n) is 7.25. The molecule has 0 aliphatic carbocycles. The molecule has 1 saturated heterocycles. The predicted molar refractivity (Wildman–Crippen MR) is 114 cm³/mol. The Morgan fingerprint density at radius 1 is 1.11 bits per heavy atom. The summed E-state index contributed by atoms with van der Waals surface area (Å²) in [6, 6.07) is 0. The Kier molecular flexibility index (Phi) is 5.44. The van der Waals surface area contributed by atoms with Gasteiger partial charge in [-0.1, -0.05) is 6.92 Å². The maximum Gasteiger partial charge on any atom is 0.264 e. The van der Waals surface area contributed by atoms with Crippen molar-refractivity contribution in [2.45, 2.75) is 40.7 Å². The number of amides is 1. The molecule has 1 fully saturated rings. The number of carbonyl (C=O) groups is 1. The fourth-order valence-electron chi connectivity index (χ4n) is 3.74. The van der Waals surface area contributed by atoms with E-state index in [9.17, 15) is 4.79 Å². The van der Waals surface area contributed by atoms with Crippen LogP contribution in [0.5, 0.6) is 0 Å². The Morgan fingerprint density at radius 2 is 1.86 bits per heavy atom. The third-order valence-corrected chi connectivity index (χ3v) is 7.44. The number of thiazole rings is 1. The van der Waals surface area contributed by atoms with E-state index < -0.39 is 0 Å². The number of hydrogen-bond donors (Lipinski definition) is 0. The van der Waals surface area contributed by atoms with Gasteiger partial charge < -0.3 is 4.90 Å². The molecular formula is C20H25N5OS2. The van der Waals surface area contributed by atoms with E-state index in [1.807, 2.05) is 25.7 Å². The topological polar surface area (TPSA) is 62.2 Å². The van der Waals surface area contributed by atoms with Crippen molar-refractivity contribution in [2.75, 3.05) is 26.2 Å². The van der Waals surface area contributed by atoms with Crippen LogP contribution in [0.25, 0.3) is 10.2 Å². The van der Waals surface area contributed by atoms with Crippen molar-refractivity contribution < 1.29 is 4.79 Å². The Hall–Kier alpha value is -1.90. The fraction of sp³-hybridized carbons (Fsp3) is 0.500. The van der Waals surface area contributed by atoms with Gasteiger partial charge in [-0.2, -0.15) is 0 Å². The Morgan fingerprint density at radius 3 is 2.54 bits per heavy atom. The summed E-state index contributed by atoms with van der Waals surface area (Å²) in [6.45, 7) is 12.2. The number of aromatic nitrogens is 3. The zero-order chi connectivity index (χ0) is 19.8. The Balaban J connectivity index is 1.45. The van der Waals surface area contributed by atoms with Gasteiger partial charge in [-0.25, -0.2) is 15.0 Å². The lowest BCUT2D eigenvalue weighted by molar-refractivity contribution is 0.0631. The lowest BCUT2D eigenvalue weighted by Crippen LogP contribution is -2.48. The van der Waals surface area contributed by atoms with Crippen LogP contribution in [0, 0.1) is 20.8 Å². The molecule has 6 nitrogen and oxygen atoms in total. The highest BCUT2D eigenvalue weighted by Gasteiger charge is 2.26. The zero-order valence-electron chi connectivity index (χ0n) is 16.8. The highest BCUT2D eigenvalue weighted by molar-refractivity contribution is 7.20. The van der Waals surface area contributed by atoms with Gasteiger partial charge in [0.1, 0.15) is 10.7 Å². The molecule has 0 N–H and O–H groups in total. The number of piperazine rings is 1. The summed E-state index contributed by atoms with van der Waals surface area (Å²) >= 11 is 3.23. The average Bonchev–Trinajstić information content (AvgIpc) is 3.26. The van der Waals surface area contributed by atoms with E-state index in [4.69, 9.17) is 0 Å². The first-order valence-electron chi connectivity index (χ1n) is 9.65. The van der Waals surface area contributed by atoms with Gasteiger partial charge in [-0.15, -0.1) is 22.7 Å². The highest BCUT2D eigenvalue weighted by atomic mass is 32.1. The molecule has 0 spiro atoms. The van der Waals surface area contributed by atoms with Crippen molar-refractivity contribution in [1.82, 2.24) is 24.8 Å². The summed E-state index contributed by atoms with van der Waals surface area (Å²) in [5.41, 5.74) is 3.11. The third kappa shape index (κ3) is 3.68. The van der Waals surface area contributed by atoms with Crippen LogP contribution in [-0.4, -0.2) is 56.8 Å². The maximum absolute atomic E-state index is 13.2. The summed E-state index contributed by atoms with van der Waals surface area (Å²) < 4.78 is 0. The smallest absolute Gasteiger partial charge is 0.264 e. The van der Waals surface area contributed by atoms with Crippen molar-refractivity contribution in [1.29, 1.82) is 0 Å². The largest absolute Gasteiger partial charge is 0.335 e. The molecule has 0 bridgehead atoms. The molecule has 0 radical (unpaired) electrons. The molecule has 28 heavy (non-hydrogen) atoms. The number of carbonyl (C=O) groups excluding carboxylic acids is 1. The molecule has 1 aliphatic rings. The number of aryl methyl sites for hydroxylation is 4. The average molecular weight is 416 g/mol. The van der Waals surface area contributed by atoms with E-state index in [2.05, 4.69) is 32.2 Å². The lowest BCUT2D eigenvalue weighted by atomic mass is 10.1. The van der Waals surface area contributed by atoms with Crippen LogP contribution in [0.2, 0.25) is 0 Å². The molecule has 1 amide bonds. The van der Waals surface area contributed by atoms with Gasteiger partial charge in [-0.05, 0) is 32.8 Å². The van der Waals surface area contributed by atoms with Crippen LogP contribution in [0.1, 0.15) is 44.4 Å². The highest BCUT2D eigenvalue weighted by Crippen LogP contribution is 2.32. The predicted octanol–water partition coefficient (Wildman–Crippen LogP) is 3.59. The van der Waals surface area contributed by atoms with Gasteiger partial charge in [0.05, 0.1) is 15.6 Å². The fourth-order valence-corrected chi connectivity index (χ4v) is 5.72. The second-order valence-corrected chi connectivity index (χ2v) is 9.19. The molecule has 8 heteroatoms. The van der Waals surface area contributed by atoms with Gasteiger partial charge in [0.15, 0.2) is 0 Å². The first-order chi connectivity index (χ1) is 13.5. The number of fused-ring (bicyclic) bond motifs is 1. The Bertz CT molecular complexity index is 1020. The van der Waals surface area contributed by atoms with Gasteiger partial charge in [0, 0.05) is 49.2 Å². The monoisotopic (exact) mass is 415 g/mol. The first-order valence-corrected chi connectivity index (χ1v) is 11.3. The van der Waals surface area contributed by atoms with Crippen LogP contribution < -0.4 is 0 Å². The molecular weight excluding hydrogens is 390 g/mol. The molecule has 4 rings (SSSR count). The molecule has 1 aliphatic heterocycles. The summed E-state index contributed by atoms with van der Waals surface area (Å²) in [4.78, 5) is 32.9. The summed E-state index contributed by atoms with van der Waals surface area (Å²) in [7, 11) is 0. The van der Waals surface area contributed by atoms with Crippen LogP contribution >= 0.6 is 22.7 Å². The Labute approximate surface area is 173 Å². The number of nitrogens with zero attached hydrogens (tertiary/aromatic N) is 5. The molecule has 0 unspecified atom stereocenters. The van der Waals surface area contributed by atoms with Crippen LogP contribution in [-0.2, 0) is 13.0 Å². The van der Waals surface area contributed by atoms with E-state index in [1.54, 1.807) is 11.3 Å². The SMILES string of the molecule is CCc1nc(CN2CCN(C(=O)c3sc4nc(C)nc(C)c4c3C)CC2)cs1. The number of hydrogen-bond acceptors (Lipinski definition) is 7. The normalized spacial score (nSPS) is 15.5. The van der Waals surface area contributed by atoms with Gasteiger partial charge in [0.25, 0.3) is 5.91 Å². The minimum Gasteiger partial charge on any atom is -0.335 e. The standard InChI is InChI=1S/C20H25N5OS2/c1-5-16-23-15(11-27-16)10-24-6-8-25(9-7-24)20(26)18-12(2)17-13(3)21-14(4)22-19(17)28-18/h11H,5-10H2,1-4H3. The lowest BCUT2D eigenvalue weighted by Gasteiger charge is -2.34. The minimum absolute atomic E-state index is 0.124. The van der Waals surface area contributed by atoms with Crippen molar-refractivity contribution in [3.8, 4) is 0 Å². The number of rotatable bonds is 4. The molecule has 148 valence electrons. The molecule has 3 aromatic heterocycles. The summed E-state index contributed by atoms with van der Waals surface area (Å²) in [6.07, 6.45) is 0.991. The van der Waals surface area contributed by atoms with Crippen molar-refractivity contribution in [3.05, 3.63) is 38.0 Å². The first kappa shape index (κ1) is 19.4. The van der Waals surface area contributed by atoms with E-state index in [0.29, 0.717) is 0 Å². The number of thiophene rings is 1. The third-order valence-electron chi connectivity index (χ3n) is 5.22. The van der Waals surface area contributed by atoms with Crippen molar-refractivity contribution in [2.24, 2.45) is 0 Å². The van der Waals surface area contributed by atoms with Crippen molar-refractivity contribution >= 4 is 38.8 Å². The van der Waals surface area contributed by atoms with E-state index >= 15 is 0 Å². The quantitative estimate of drug-likeness (QED) is 0.652. The van der Waals surface area contributed by atoms with Crippen LogP contribution in [0.4, 0.5) is 0 Å². The van der Waals surface area contributed by atoms with Crippen LogP contribution in [0.3, 0.4) is 0 Å². The van der Waals surface area contributed by atoms with Crippen LogP contribution in [0.15, 0.2) is 5.38 Å². The van der Waals surface area contributed by atoms with Gasteiger partial charge >= 0.3 is 0 Å². The molecule has 0 saturated carbocycles. The summed E-state index contributed by atoms with van der Waals surface area (Å²) in [5, 5.41) is 4.38. The zero-order valence-corrected chi connectivity index (χ0v) is 18.4.